The maximum Gasteiger partial charge on any atom is 0.352 e. The van der Waals surface area contributed by atoms with Crippen LogP contribution in [0.5, 0.6) is 0 Å². The number of nitrogens with one attached hydrogen (secondary N) is 1. The highest BCUT2D eigenvalue weighted by Gasteiger charge is 2.48. The van der Waals surface area contributed by atoms with Crippen LogP contribution in [-0.4, -0.2) is 44.9 Å². The predicted molar refractivity (Wildman–Crippen MR) is 61.2 cm³/mol. The Morgan fingerprint density at radius 1 is 1.71 bits per heavy atom. The molecule has 0 spiro atoms. The zero-order valence-corrected chi connectivity index (χ0v) is 10.1. The Hall–Kier alpha value is -1.21. The highest BCUT2D eigenvalue weighted by atomic mass is 35.5. The first-order chi connectivity index (χ1) is 8.10. The van der Waals surface area contributed by atoms with Crippen LogP contribution in [0.2, 0.25) is 0 Å². The number of rotatable bonds is 4. The largest absolute Gasteiger partial charge is 0.477 e. The van der Waals surface area contributed by atoms with Crippen LogP contribution in [0.4, 0.5) is 0 Å². The van der Waals surface area contributed by atoms with Crippen LogP contribution in [0.1, 0.15) is 6.42 Å². The van der Waals surface area contributed by atoms with Gasteiger partial charge in [0.05, 0.1) is 11.8 Å². The number of aliphatic carboxylic acids is 1. The molecule has 0 radical (unpaired) electrons. The molecule has 0 aromatic rings. The van der Waals surface area contributed by atoms with Crippen molar-refractivity contribution in [3.8, 4) is 0 Å². The van der Waals surface area contributed by atoms with Crippen LogP contribution < -0.4 is 5.32 Å². The quantitative estimate of drug-likeness (QED) is 0.427. The Bertz CT molecular complexity index is 425. The van der Waals surface area contributed by atoms with Crippen LogP contribution >= 0.6 is 23.4 Å². The van der Waals surface area contributed by atoms with E-state index in [-0.39, 0.29) is 29.3 Å². The molecular formula is C9H9ClN2O4S. The standard InChI is InChI=1S/C9H9ClN2O4S/c10-2-4-7(9(15)16)12-5(14)1-6(12)17-8(4)11-3-13/h3,6,8H,1-2H2,(H,11,13)(H,15,16). The Kier molecular flexibility index (Phi) is 3.30. The second-order valence-electron chi connectivity index (χ2n) is 3.54. The lowest BCUT2D eigenvalue weighted by Gasteiger charge is -2.46. The number of fused-ring (bicyclic) bond motifs is 1. The van der Waals surface area contributed by atoms with Crippen molar-refractivity contribution >= 4 is 41.6 Å². The second-order valence-corrected chi connectivity index (χ2v) is 5.09. The maximum absolute atomic E-state index is 11.4. The topological polar surface area (TPSA) is 86.7 Å². The van der Waals surface area contributed by atoms with Crippen molar-refractivity contribution in [3.05, 3.63) is 11.3 Å². The third kappa shape index (κ3) is 1.89. The van der Waals surface area contributed by atoms with Crippen LogP contribution in [0.25, 0.3) is 0 Å². The molecule has 2 heterocycles. The van der Waals surface area contributed by atoms with Gasteiger partial charge in [-0.1, -0.05) is 0 Å². The maximum atomic E-state index is 11.4. The smallest absolute Gasteiger partial charge is 0.352 e. The van der Waals surface area contributed by atoms with Crippen molar-refractivity contribution in [2.75, 3.05) is 5.88 Å². The van der Waals surface area contributed by atoms with Gasteiger partial charge in [0, 0.05) is 11.5 Å². The van der Waals surface area contributed by atoms with Gasteiger partial charge in [-0.15, -0.1) is 23.4 Å². The zero-order valence-electron chi connectivity index (χ0n) is 8.55. The van der Waals surface area contributed by atoms with E-state index in [0.29, 0.717) is 12.0 Å². The van der Waals surface area contributed by atoms with E-state index in [0.717, 1.165) is 0 Å². The number of alkyl halides is 1. The first-order valence-corrected chi connectivity index (χ1v) is 6.27. The first-order valence-electron chi connectivity index (χ1n) is 4.79. The Balaban J connectivity index is 2.42. The first kappa shape index (κ1) is 12.3. The van der Waals surface area contributed by atoms with E-state index >= 15 is 0 Å². The summed E-state index contributed by atoms with van der Waals surface area (Å²) < 4.78 is 0. The summed E-state index contributed by atoms with van der Waals surface area (Å²) in [7, 11) is 0. The summed E-state index contributed by atoms with van der Waals surface area (Å²) in [5, 5.41) is 10.9. The summed E-state index contributed by atoms with van der Waals surface area (Å²) >= 11 is 7.03. The van der Waals surface area contributed by atoms with Gasteiger partial charge < -0.3 is 10.4 Å². The van der Waals surface area contributed by atoms with Crippen LogP contribution in [0.15, 0.2) is 11.3 Å². The molecular weight excluding hydrogens is 268 g/mol. The van der Waals surface area contributed by atoms with Gasteiger partial charge in [0.1, 0.15) is 11.1 Å². The summed E-state index contributed by atoms with van der Waals surface area (Å²) in [5.41, 5.74) is 0.250. The van der Waals surface area contributed by atoms with Crippen molar-refractivity contribution in [1.82, 2.24) is 10.2 Å². The third-order valence-corrected chi connectivity index (χ3v) is 4.30. The summed E-state index contributed by atoms with van der Waals surface area (Å²) in [6.07, 6.45) is 0.786. The predicted octanol–water partition coefficient (Wildman–Crippen LogP) is -0.0588. The fourth-order valence-electron chi connectivity index (χ4n) is 1.86. The van der Waals surface area contributed by atoms with Crippen molar-refractivity contribution in [2.24, 2.45) is 0 Å². The number of hydrogen-bond acceptors (Lipinski definition) is 4. The van der Waals surface area contributed by atoms with Crippen molar-refractivity contribution in [1.29, 1.82) is 0 Å². The normalized spacial score (nSPS) is 27.4. The number of carboxylic acids is 1. The summed E-state index contributed by atoms with van der Waals surface area (Å²) in [4.78, 5) is 34.3. The molecule has 2 atom stereocenters. The minimum atomic E-state index is -1.20. The Labute approximate surface area is 106 Å². The van der Waals surface area contributed by atoms with E-state index < -0.39 is 11.3 Å². The second kappa shape index (κ2) is 4.58. The number of hydrogen-bond donors (Lipinski definition) is 2. The van der Waals surface area contributed by atoms with Gasteiger partial charge in [-0.2, -0.15) is 0 Å². The van der Waals surface area contributed by atoms with E-state index in [1.165, 1.54) is 16.7 Å². The molecule has 2 aliphatic rings. The van der Waals surface area contributed by atoms with Gasteiger partial charge in [0.15, 0.2) is 0 Å². The number of thioether (sulfide) groups is 1. The zero-order chi connectivity index (χ0) is 12.6. The van der Waals surface area contributed by atoms with E-state index in [2.05, 4.69) is 5.32 Å². The number of halogens is 1. The molecule has 2 N–H and O–H groups in total. The fourth-order valence-corrected chi connectivity index (χ4v) is 3.62. The number of carbonyl (C=O) groups excluding carboxylic acids is 2. The lowest BCUT2D eigenvalue weighted by molar-refractivity contribution is -0.146. The molecule has 0 aromatic carbocycles. The molecule has 17 heavy (non-hydrogen) atoms. The minimum absolute atomic E-state index is 0.0450. The Morgan fingerprint density at radius 3 is 2.88 bits per heavy atom. The molecule has 2 unspecified atom stereocenters. The number of nitrogens with zero attached hydrogens (tertiary/aromatic N) is 1. The summed E-state index contributed by atoms with van der Waals surface area (Å²) in [6, 6.07) is 0. The van der Waals surface area contributed by atoms with Crippen molar-refractivity contribution in [3.63, 3.8) is 0 Å². The molecule has 1 saturated heterocycles. The molecule has 0 saturated carbocycles. The van der Waals surface area contributed by atoms with Crippen LogP contribution in [-0.2, 0) is 14.4 Å². The fraction of sp³-hybridized carbons (Fsp3) is 0.444. The summed E-state index contributed by atoms with van der Waals surface area (Å²) in [5.74, 6) is -1.47. The number of carbonyl (C=O) groups is 3. The van der Waals surface area contributed by atoms with E-state index in [1.807, 2.05) is 0 Å². The molecule has 2 aliphatic heterocycles. The molecule has 6 nitrogen and oxygen atoms in total. The molecule has 0 aromatic heterocycles. The average molecular weight is 277 g/mol. The van der Waals surface area contributed by atoms with Gasteiger partial charge in [-0.05, 0) is 0 Å². The molecule has 0 aliphatic carbocycles. The minimum Gasteiger partial charge on any atom is -0.477 e. The number of β-lactam (4-membered cyclic amide) rings is 1. The van der Waals surface area contributed by atoms with Gasteiger partial charge >= 0.3 is 5.97 Å². The molecule has 2 amide bonds. The highest BCUT2D eigenvalue weighted by molar-refractivity contribution is 8.00. The monoisotopic (exact) mass is 276 g/mol. The Morgan fingerprint density at radius 2 is 2.41 bits per heavy atom. The third-order valence-electron chi connectivity index (χ3n) is 2.63. The van der Waals surface area contributed by atoms with Gasteiger partial charge in [0.2, 0.25) is 12.3 Å². The molecule has 0 bridgehead atoms. The van der Waals surface area contributed by atoms with Crippen molar-refractivity contribution < 1.29 is 19.5 Å². The van der Waals surface area contributed by atoms with Crippen LogP contribution in [0, 0.1) is 0 Å². The highest BCUT2D eigenvalue weighted by Crippen LogP contribution is 2.43. The lowest BCUT2D eigenvalue weighted by Crippen LogP contribution is -2.57. The van der Waals surface area contributed by atoms with Gasteiger partial charge in [-0.3, -0.25) is 14.5 Å². The number of carboxylic acid groups (broad SMARTS) is 1. The van der Waals surface area contributed by atoms with Gasteiger partial charge in [-0.25, -0.2) is 4.79 Å². The molecule has 1 fully saturated rings. The van der Waals surface area contributed by atoms with Crippen LogP contribution in [0.3, 0.4) is 0 Å². The van der Waals surface area contributed by atoms with E-state index in [9.17, 15) is 14.4 Å². The summed E-state index contributed by atoms with van der Waals surface area (Å²) in [6.45, 7) is 0. The lowest BCUT2D eigenvalue weighted by atomic mass is 10.1. The SMILES string of the molecule is O=CNC1SC2CC(=O)N2C(C(=O)O)=C1CCl. The van der Waals surface area contributed by atoms with Gasteiger partial charge in [0.25, 0.3) is 0 Å². The van der Waals surface area contributed by atoms with E-state index in [4.69, 9.17) is 16.7 Å². The molecule has 2 rings (SSSR count). The number of amides is 2. The van der Waals surface area contributed by atoms with Crippen molar-refractivity contribution in [2.45, 2.75) is 17.2 Å². The average Bonchev–Trinajstić information content (AvgIpc) is 2.27. The molecule has 92 valence electrons. The van der Waals surface area contributed by atoms with E-state index in [1.54, 1.807) is 0 Å². The molecule has 8 heteroatoms.